The molecule has 0 aromatic heterocycles. The number of aliphatic carboxylic acids is 1. The molecule has 0 spiro atoms. The van der Waals surface area contributed by atoms with Gasteiger partial charge in [-0.2, -0.15) is 0 Å². The summed E-state index contributed by atoms with van der Waals surface area (Å²) in [5.74, 6) is -0.381. The number of halogens is 1. The molecule has 0 bridgehead atoms. The molecule has 2 rings (SSSR count). The third-order valence-electron chi connectivity index (χ3n) is 5.24. The maximum absolute atomic E-state index is 11.8. The first-order valence-corrected chi connectivity index (χ1v) is 12.3. The van der Waals surface area contributed by atoms with Gasteiger partial charge in [0.2, 0.25) is 0 Å². The second kappa shape index (κ2) is 15.0. The van der Waals surface area contributed by atoms with Crippen LogP contribution in [0.2, 0.25) is 5.02 Å². The third-order valence-corrected chi connectivity index (χ3v) is 6.62. The van der Waals surface area contributed by atoms with Gasteiger partial charge in [0.15, 0.2) is 5.78 Å². The first-order valence-electron chi connectivity index (χ1n) is 11.0. The first-order chi connectivity index (χ1) is 15.6. The minimum atomic E-state index is -0.927. The van der Waals surface area contributed by atoms with Crippen molar-refractivity contribution < 1.29 is 60.6 Å². The van der Waals surface area contributed by atoms with Crippen LogP contribution in [0.4, 0.5) is 0 Å². The molecule has 9 heteroatoms. The van der Waals surface area contributed by atoms with Gasteiger partial charge >= 0.3 is 35.5 Å². The number of phenolic OH excluding ortho intramolecular Hbond substituents is 1. The summed E-state index contributed by atoms with van der Waals surface area (Å²) in [5, 5.41) is 30.0. The van der Waals surface area contributed by atoms with Gasteiger partial charge in [-0.15, -0.1) is 11.8 Å². The predicted molar refractivity (Wildman–Crippen MR) is 132 cm³/mol. The predicted octanol–water partition coefficient (Wildman–Crippen LogP) is 3.02. The van der Waals surface area contributed by atoms with E-state index in [1.54, 1.807) is 18.7 Å². The monoisotopic (exact) mass is 518 g/mol. The van der Waals surface area contributed by atoms with Crippen molar-refractivity contribution in [3.05, 3.63) is 52.0 Å². The molecule has 0 aliphatic carbocycles. The maximum atomic E-state index is 11.8. The van der Waals surface area contributed by atoms with Crippen molar-refractivity contribution in [1.82, 2.24) is 0 Å². The molecule has 34 heavy (non-hydrogen) atoms. The molecule has 0 fully saturated rings. The normalized spacial score (nSPS) is 12.5. The Morgan fingerprint density at radius 2 is 1.88 bits per heavy atom. The Morgan fingerprint density at radius 3 is 2.44 bits per heavy atom. The van der Waals surface area contributed by atoms with Crippen LogP contribution in [0.25, 0.3) is 0 Å². The number of hydrogen-bond acceptors (Lipinski definition) is 6. The van der Waals surface area contributed by atoms with E-state index in [0.29, 0.717) is 34.9 Å². The van der Waals surface area contributed by atoms with Crippen molar-refractivity contribution in [3.63, 3.8) is 0 Å². The van der Waals surface area contributed by atoms with Crippen LogP contribution in [0, 0.1) is 5.92 Å². The van der Waals surface area contributed by atoms with Crippen molar-refractivity contribution in [2.24, 2.45) is 5.92 Å². The number of aromatic hydroxyl groups is 1. The van der Waals surface area contributed by atoms with Gasteiger partial charge in [0.05, 0.1) is 29.7 Å². The van der Waals surface area contributed by atoms with Crippen LogP contribution >= 0.6 is 23.4 Å². The SMILES string of the molecule is CCCc1c(O)c(C(C)=O)cc(Cl)c1OCCCSc1ccc(C(O)C(C)CC(=O)O)cc1.[H-].[Na+]. The zero-order valence-corrected chi connectivity index (χ0v) is 23.7. The number of phenols is 1. The van der Waals surface area contributed by atoms with Crippen LogP contribution in [0.15, 0.2) is 35.2 Å². The largest absolute Gasteiger partial charge is 1.00 e. The number of thioether (sulfide) groups is 1. The van der Waals surface area contributed by atoms with E-state index in [9.17, 15) is 19.8 Å². The number of rotatable bonds is 13. The summed E-state index contributed by atoms with van der Waals surface area (Å²) in [6.45, 7) is 5.49. The summed E-state index contributed by atoms with van der Waals surface area (Å²) in [7, 11) is 0. The molecule has 2 unspecified atom stereocenters. The Morgan fingerprint density at radius 1 is 1.24 bits per heavy atom. The van der Waals surface area contributed by atoms with Crippen molar-refractivity contribution >= 4 is 35.1 Å². The molecule has 2 atom stereocenters. The molecule has 0 radical (unpaired) electrons. The fourth-order valence-corrected chi connectivity index (χ4v) is 4.59. The topological polar surface area (TPSA) is 104 Å². The molecular formula is C25H32ClNaO6S. The van der Waals surface area contributed by atoms with Gasteiger partial charge in [0.1, 0.15) is 11.5 Å². The van der Waals surface area contributed by atoms with Crippen LogP contribution in [-0.4, -0.2) is 39.4 Å². The Balaban J connectivity index is 0.00000578. The molecule has 0 aliphatic heterocycles. The van der Waals surface area contributed by atoms with Crippen LogP contribution in [0.1, 0.15) is 69.0 Å². The van der Waals surface area contributed by atoms with E-state index in [2.05, 4.69) is 0 Å². The smallest absolute Gasteiger partial charge is 1.00 e. The summed E-state index contributed by atoms with van der Waals surface area (Å²) in [5.41, 5.74) is 1.47. The van der Waals surface area contributed by atoms with E-state index >= 15 is 0 Å². The molecule has 3 N–H and O–H groups in total. The summed E-state index contributed by atoms with van der Waals surface area (Å²) in [6.07, 6.45) is 1.16. The average Bonchev–Trinajstić information content (AvgIpc) is 2.76. The number of benzene rings is 2. The number of carboxylic acids is 1. The summed E-state index contributed by atoms with van der Waals surface area (Å²) >= 11 is 7.98. The first kappa shape index (κ1) is 30.8. The van der Waals surface area contributed by atoms with E-state index in [4.69, 9.17) is 21.4 Å². The minimum Gasteiger partial charge on any atom is -1.00 e. The number of aliphatic hydroxyl groups excluding tert-OH is 1. The molecule has 0 amide bonds. The fourth-order valence-electron chi connectivity index (χ4n) is 3.48. The van der Waals surface area contributed by atoms with Gasteiger partial charge < -0.3 is 21.5 Å². The molecule has 0 saturated carbocycles. The Kier molecular flexibility index (Phi) is 13.6. The van der Waals surface area contributed by atoms with Gasteiger partial charge in [0, 0.05) is 16.2 Å². The van der Waals surface area contributed by atoms with Crippen LogP contribution in [0.5, 0.6) is 11.5 Å². The molecular weight excluding hydrogens is 487 g/mol. The van der Waals surface area contributed by atoms with E-state index in [0.717, 1.165) is 23.5 Å². The van der Waals surface area contributed by atoms with Crippen molar-refractivity contribution in [3.8, 4) is 11.5 Å². The number of carbonyl (C=O) groups is 2. The molecule has 2 aromatic carbocycles. The maximum Gasteiger partial charge on any atom is 1.00 e. The third kappa shape index (κ3) is 8.77. The van der Waals surface area contributed by atoms with Gasteiger partial charge in [-0.05, 0) is 49.4 Å². The Hall–Kier alpha value is -1.22. The quantitative estimate of drug-likeness (QED) is 0.162. The number of ketones is 1. The number of hydrogen-bond donors (Lipinski definition) is 3. The molecule has 0 saturated heterocycles. The molecule has 0 aliphatic rings. The number of carbonyl (C=O) groups excluding carboxylic acids is 1. The summed E-state index contributed by atoms with van der Waals surface area (Å²) in [4.78, 5) is 23.6. The van der Waals surface area contributed by atoms with E-state index in [1.807, 2.05) is 31.2 Å². The minimum absolute atomic E-state index is 0. The van der Waals surface area contributed by atoms with Gasteiger partial charge in [-0.25, -0.2) is 0 Å². The van der Waals surface area contributed by atoms with Gasteiger partial charge in [-0.3, -0.25) is 9.59 Å². The van der Waals surface area contributed by atoms with Crippen LogP contribution in [-0.2, 0) is 11.2 Å². The van der Waals surface area contributed by atoms with E-state index in [-0.39, 0.29) is 60.4 Å². The van der Waals surface area contributed by atoms with Gasteiger partial charge in [0.25, 0.3) is 0 Å². The zero-order valence-electron chi connectivity index (χ0n) is 21.1. The van der Waals surface area contributed by atoms with Gasteiger partial charge in [-0.1, -0.05) is 44.0 Å². The number of ether oxygens (including phenoxy) is 1. The number of aliphatic hydroxyl groups is 1. The molecule has 6 nitrogen and oxygen atoms in total. The Labute approximate surface area is 233 Å². The molecule has 182 valence electrons. The van der Waals surface area contributed by atoms with Crippen molar-refractivity contribution in [2.45, 2.75) is 57.5 Å². The molecule has 0 heterocycles. The summed E-state index contributed by atoms with van der Waals surface area (Å²) < 4.78 is 5.88. The molecule has 2 aromatic rings. The van der Waals surface area contributed by atoms with Crippen molar-refractivity contribution in [2.75, 3.05) is 12.4 Å². The standard InChI is InChI=1S/C25H31ClO6S.Na.H/c1-4-6-19-24(31)20(16(3)27)14-21(26)25(19)32-11-5-12-33-18-9-7-17(8-10-18)23(30)15(2)13-22(28)29;;/h7-10,14-15,23,30-31H,4-6,11-13H2,1-3H3,(H,28,29);;/q;+1;-1. The Bertz CT molecular complexity index is 973. The average molecular weight is 519 g/mol. The number of Topliss-reactive ketones (excluding diaryl/α,β-unsaturated/α-hetero) is 1. The van der Waals surface area contributed by atoms with Crippen LogP contribution < -0.4 is 34.3 Å². The summed E-state index contributed by atoms with van der Waals surface area (Å²) in [6, 6.07) is 8.91. The zero-order chi connectivity index (χ0) is 24.5. The second-order valence-corrected chi connectivity index (χ2v) is 9.58. The van der Waals surface area contributed by atoms with Crippen molar-refractivity contribution in [1.29, 1.82) is 0 Å². The fraction of sp³-hybridized carbons (Fsp3) is 0.440. The second-order valence-electron chi connectivity index (χ2n) is 8.01. The number of carboxylic acid groups (broad SMARTS) is 1. The van der Waals surface area contributed by atoms with Crippen LogP contribution in [0.3, 0.4) is 0 Å². The van der Waals surface area contributed by atoms with E-state index < -0.39 is 12.1 Å². The van der Waals surface area contributed by atoms with E-state index in [1.165, 1.54) is 13.0 Å².